The summed E-state index contributed by atoms with van der Waals surface area (Å²) in [5.74, 6) is -1.33. The van der Waals surface area contributed by atoms with Gasteiger partial charge in [0.2, 0.25) is 5.43 Å². The van der Waals surface area contributed by atoms with Crippen LogP contribution >= 0.6 is 0 Å². The number of halogens is 1. The number of ether oxygens (including phenoxy) is 1. The number of carboxylic acid groups (broad SMARTS) is 1. The van der Waals surface area contributed by atoms with Gasteiger partial charge in [-0.15, -0.1) is 0 Å². The third kappa shape index (κ3) is 2.50. The van der Waals surface area contributed by atoms with E-state index in [0.717, 1.165) is 16.8 Å². The number of hydrogen-bond donors (Lipinski definition) is 2. The van der Waals surface area contributed by atoms with Crippen molar-refractivity contribution in [2.24, 2.45) is 5.73 Å². The molecule has 3 aromatic carbocycles. The second kappa shape index (κ2) is 6.54. The maximum Gasteiger partial charge on any atom is 0.341 e. The van der Waals surface area contributed by atoms with E-state index in [-0.39, 0.29) is 22.9 Å². The Morgan fingerprint density at radius 2 is 1.97 bits per heavy atom. The van der Waals surface area contributed by atoms with E-state index in [1.54, 1.807) is 4.57 Å². The molecule has 3 heterocycles. The van der Waals surface area contributed by atoms with Crippen LogP contribution in [0.3, 0.4) is 0 Å². The first kappa shape index (κ1) is 18.8. The molecule has 2 aliphatic rings. The molecule has 1 saturated heterocycles. The zero-order valence-corrected chi connectivity index (χ0v) is 16.8. The number of aromatic nitrogens is 1. The summed E-state index contributed by atoms with van der Waals surface area (Å²) >= 11 is 0. The van der Waals surface area contributed by atoms with Crippen LogP contribution in [0.2, 0.25) is 0 Å². The number of hydrogen-bond acceptors (Lipinski definition) is 5. The van der Waals surface area contributed by atoms with Crippen LogP contribution in [-0.4, -0.2) is 34.8 Å². The van der Waals surface area contributed by atoms with Crippen molar-refractivity contribution in [3.63, 3.8) is 0 Å². The molecule has 0 radical (unpaired) electrons. The average molecular weight is 431 g/mol. The quantitative estimate of drug-likeness (QED) is 0.443. The molecule has 1 atom stereocenters. The number of aromatic carboxylic acids is 1. The lowest BCUT2D eigenvalue weighted by molar-refractivity contribution is 0.0695. The third-order valence-corrected chi connectivity index (χ3v) is 6.26. The van der Waals surface area contributed by atoms with Crippen molar-refractivity contribution in [1.82, 2.24) is 4.57 Å². The van der Waals surface area contributed by atoms with Gasteiger partial charge in [-0.05, 0) is 23.9 Å². The minimum atomic E-state index is -1.37. The van der Waals surface area contributed by atoms with Crippen LogP contribution in [0.4, 0.5) is 10.1 Å². The summed E-state index contributed by atoms with van der Waals surface area (Å²) < 4.78 is 23.4. The lowest BCUT2D eigenvalue weighted by atomic mass is 10.0. The summed E-state index contributed by atoms with van der Waals surface area (Å²) in [6.07, 6.45) is 2.01. The Kier molecular flexibility index (Phi) is 3.85. The molecule has 160 valence electrons. The molecule has 4 aromatic rings. The molecule has 0 aliphatic carbocycles. The second-order valence-electron chi connectivity index (χ2n) is 8.21. The number of benzene rings is 3. The fourth-order valence-corrected chi connectivity index (χ4v) is 4.77. The van der Waals surface area contributed by atoms with Gasteiger partial charge in [0, 0.05) is 30.7 Å². The van der Waals surface area contributed by atoms with E-state index in [1.165, 1.54) is 6.20 Å². The molecule has 0 amide bonds. The summed E-state index contributed by atoms with van der Waals surface area (Å²) in [5.41, 5.74) is 6.05. The number of fused-ring (bicyclic) bond motifs is 4. The minimum absolute atomic E-state index is 0.0385. The lowest BCUT2D eigenvalue weighted by Crippen LogP contribution is -2.28. The molecule has 32 heavy (non-hydrogen) atoms. The summed E-state index contributed by atoms with van der Waals surface area (Å²) in [5, 5.41) is 11.3. The first-order valence-corrected chi connectivity index (χ1v) is 10.3. The highest BCUT2D eigenvalue weighted by molar-refractivity contribution is 6.01. The number of rotatable bonds is 2. The normalized spacial score (nSPS) is 16.9. The first-order chi connectivity index (χ1) is 15.4. The predicted molar refractivity (Wildman–Crippen MR) is 119 cm³/mol. The summed E-state index contributed by atoms with van der Waals surface area (Å²) in [6, 6.07) is 12.3. The number of nitrogens with zero attached hydrogens (tertiary/aromatic N) is 2. The maximum atomic E-state index is 15.4. The molecule has 0 bridgehead atoms. The molecule has 1 aromatic heterocycles. The molecule has 3 N–H and O–H groups in total. The Hall–Kier alpha value is -3.91. The van der Waals surface area contributed by atoms with Crippen LogP contribution in [-0.2, 0) is 0 Å². The fraction of sp³-hybridized carbons (Fsp3) is 0.167. The molecular weight excluding hydrogens is 413 g/mol. The number of nitrogens with two attached hydrogens (primary N) is 1. The van der Waals surface area contributed by atoms with Crippen molar-refractivity contribution < 1.29 is 19.0 Å². The zero-order chi connectivity index (χ0) is 22.1. The number of pyridine rings is 1. The zero-order valence-electron chi connectivity index (χ0n) is 16.8. The van der Waals surface area contributed by atoms with Crippen LogP contribution in [0.5, 0.6) is 11.5 Å². The van der Waals surface area contributed by atoms with Crippen molar-refractivity contribution >= 4 is 33.3 Å². The molecule has 6 rings (SSSR count). The molecule has 2 aliphatic heterocycles. The molecular formula is C24H18FN3O4. The van der Waals surface area contributed by atoms with Gasteiger partial charge in [-0.2, -0.15) is 0 Å². The highest BCUT2D eigenvalue weighted by Gasteiger charge is 2.33. The maximum absolute atomic E-state index is 15.4. The molecule has 0 saturated carbocycles. The van der Waals surface area contributed by atoms with Gasteiger partial charge in [0.15, 0.2) is 17.3 Å². The summed E-state index contributed by atoms with van der Waals surface area (Å²) in [4.78, 5) is 26.5. The van der Waals surface area contributed by atoms with Crippen LogP contribution < -0.4 is 20.8 Å². The first-order valence-electron chi connectivity index (χ1n) is 10.3. The van der Waals surface area contributed by atoms with Crippen molar-refractivity contribution in [2.45, 2.75) is 12.5 Å². The SMILES string of the molecule is N[C@@H]1CCN(c2c(F)cc3c(=O)c(C(=O)O)cn4c3c2Oc2c-4ccc3ccccc23)C1. The van der Waals surface area contributed by atoms with Crippen molar-refractivity contribution in [3.05, 3.63) is 70.3 Å². The summed E-state index contributed by atoms with van der Waals surface area (Å²) in [6.45, 7) is 1.01. The van der Waals surface area contributed by atoms with Crippen LogP contribution in [0.15, 0.2) is 53.5 Å². The van der Waals surface area contributed by atoms with Crippen molar-refractivity contribution in [2.75, 3.05) is 18.0 Å². The van der Waals surface area contributed by atoms with E-state index in [4.69, 9.17) is 10.5 Å². The van der Waals surface area contributed by atoms with Crippen LogP contribution in [0, 0.1) is 5.82 Å². The third-order valence-electron chi connectivity index (χ3n) is 6.26. The predicted octanol–water partition coefficient (Wildman–Crippen LogP) is 3.62. The van der Waals surface area contributed by atoms with Crippen LogP contribution in [0.1, 0.15) is 16.8 Å². The standard InChI is InChI=1S/C24H18FN3O4/c25-17-9-15-19-23(20(17)27-8-7-13(26)10-27)32-22-14-4-2-1-3-12(14)5-6-18(22)28(19)11-16(21(15)29)24(30)31/h1-6,9,11,13H,7-8,10,26H2,(H,30,31)/t13-/m1/s1. The fourth-order valence-electron chi connectivity index (χ4n) is 4.77. The highest BCUT2D eigenvalue weighted by Crippen LogP contribution is 2.49. The molecule has 8 heteroatoms. The van der Waals surface area contributed by atoms with Gasteiger partial charge >= 0.3 is 5.97 Å². The largest absolute Gasteiger partial charge is 0.477 e. The molecule has 0 spiro atoms. The van der Waals surface area contributed by atoms with Gasteiger partial charge < -0.3 is 25.0 Å². The Labute approximate surface area is 181 Å². The molecule has 0 unspecified atom stereocenters. The van der Waals surface area contributed by atoms with E-state index >= 15 is 4.39 Å². The number of carboxylic acids is 1. The van der Waals surface area contributed by atoms with Crippen LogP contribution in [0.25, 0.3) is 27.4 Å². The molecule has 1 fully saturated rings. The van der Waals surface area contributed by atoms with Gasteiger partial charge in [0.1, 0.15) is 16.8 Å². The second-order valence-corrected chi connectivity index (χ2v) is 8.21. The van der Waals surface area contributed by atoms with Gasteiger partial charge in [0.25, 0.3) is 0 Å². The highest BCUT2D eigenvalue weighted by atomic mass is 19.1. The summed E-state index contributed by atoms with van der Waals surface area (Å²) in [7, 11) is 0. The Morgan fingerprint density at radius 3 is 2.72 bits per heavy atom. The Balaban J connectivity index is 1.77. The van der Waals surface area contributed by atoms with Gasteiger partial charge in [-0.3, -0.25) is 4.79 Å². The van der Waals surface area contributed by atoms with E-state index in [0.29, 0.717) is 36.5 Å². The number of carbonyl (C=O) groups is 1. The van der Waals surface area contributed by atoms with E-state index in [9.17, 15) is 14.7 Å². The van der Waals surface area contributed by atoms with Crippen molar-refractivity contribution in [1.29, 1.82) is 0 Å². The van der Waals surface area contributed by atoms with E-state index in [2.05, 4.69) is 0 Å². The Bertz CT molecular complexity index is 1530. The average Bonchev–Trinajstić information content (AvgIpc) is 3.20. The Morgan fingerprint density at radius 1 is 1.16 bits per heavy atom. The van der Waals surface area contributed by atoms with Gasteiger partial charge in [0.05, 0.1) is 11.1 Å². The lowest BCUT2D eigenvalue weighted by Gasteiger charge is -2.29. The molecule has 7 nitrogen and oxygen atoms in total. The monoisotopic (exact) mass is 431 g/mol. The smallest absolute Gasteiger partial charge is 0.341 e. The van der Waals surface area contributed by atoms with Gasteiger partial charge in [-0.1, -0.05) is 30.3 Å². The van der Waals surface area contributed by atoms with Crippen molar-refractivity contribution in [3.8, 4) is 17.2 Å². The van der Waals surface area contributed by atoms with Gasteiger partial charge in [-0.25, -0.2) is 9.18 Å². The number of anilines is 1. The minimum Gasteiger partial charge on any atom is -0.477 e. The van der Waals surface area contributed by atoms with E-state index in [1.807, 2.05) is 41.3 Å². The van der Waals surface area contributed by atoms with E-state index < -0.39 is 22.8 Å². The topological polar surface area (TPSA) is 97.8 Å².